The first kappa shape index (κ1) is 19.4. The number of carbonyl (C=O) groups excluding carboxylic acids is 1. The molecule has 7 heteroatoms. The van der Waals surface area contributed by atoms with E-state index in [1.54, 1.807) is 0 Å². The standard InChI is InChI=1S/C22H27N3O4/c1-16-3-5-19(17(2)11-16)27-14-23-22(26)25-9-7-24(8-10-25)13-18-4-6-20-21(12-18)29-15-28-20/h3-6,11-12H,7-10,13-15H2,1-2H3,(H,23,26). The average molecular weight is 397 g/mol. The second-order valence-electron chi connectivity index (χ2n) is 7.49. The van der Waals surface area contributed by atoms with Gasteiger partial charge in [0.25, 0.3) is 0 Å². The molecule has 2 aliphatic heterocycles. The molecule has 0 saturated carbocycles. The molecule has 29 heavy (non-hydrogen) atoms. The smallest absolute Gasteiger partial charge is 0.320 e. The van der Waals surface area contributed by atoms with E-state index in [0.29, 0.717) is 19.9 Å². The molecular formula is C22H27N3O4. The van der Waals surface area contributed by atoms with E-state index in [1.165, 1.54) is 11.1 Å². The van der Waals surface area contributed by atoms with Gasteiger partial charge in [0.1, 0.15) is 5.75 Å². The molecule has 0 unspecified atom stereocenters. The molecule has 2 aromatic carbocycles. The Hall–Kier alpha value is -2.93. The molecule has 0 bridgehead atoms. The Morgan fingerprint density at radius 3 is 2.62 bits per heavy atom. The van der Waals surface area contributed by atoms with E-state index in [0.717, 1.165) is 42.4 Å². The van der Waals surface area contributed by atoms with E-state index < -0.39 is 0 Å². The number of hydrogen-bond acceptors (Lipinski definition) is 5. The molecule has 0 atom stereocenters. The lowest BCUT2D eigenvalue weighted by molar-refractivity contribution is 0.130. The average Bonchev–Trinajstić information content (AvgIpc) is 3.18. The highest BCUT2D eigenvalue weighted by Crippen LogP contribution is 2.32. The third-order valence-electron chi connectivity index (χ3n) is 5.28. The van der Waals surface area contributed by atoms with Crippen molar-refractivity contribution < 1.29 is 19.0 Å². The van der Waals surface area contributed by atoms with Crippen LogP contribution < -0.4 is 19.5 Å². The van der Waals surface area contributed by atoms with Gasteiger partial charge in [-0.15, -0.1) is 0 Å². The van der Waals surface area contributed by atoms with E-state index >= 15 is 0 Å². The quantitative estimate of drug-likeness (QED) is 0.786. The van der Waals surface area contributed by atoms with Crippen LogP contribution in [0, 0.1) is 13.8 Å². The minimum absolute atomic E-state index is 0.0857. The number of fused-ring (bicyclic) bond motifs is 1. The number of nitrogens with one attached hydrogen (secondary N) is 1. The number of amides is 2. The van der Waals surface area contributed by atoms with Crippen molar-refractivity contribution in [2.45, 2.75) is 20.4 Å². The molecule has 0 spiro atoms. The lowest BCUT2D eigenvalue weighted by Gasteiger charge is -2.34. The lowest BCUT2D eigenvalue weighted by Crippen LogP contribution is -2.51. The molecule has 2 aliphatic rings. The van der Waals surface area contributed by atoms with Gasteiger partial charge in [-0.25, -0.2) is 4.79 Å². The molecule has 0 radical (unpaired) electrons. The van der Waals surface area contributed by atoms with E-state index in [2.05, 4.69) is 22.3 Å². The summed E-state index contributed by atoms with van der Waals surface area (Å²) in [7, 11) is 0. The van der Waals surface area contributed by atoms with Gasteiger partial charge >= 0.3 is 6.03 Å². The van der Waals surface area contributed by atoms with Crippen LogP contribution in [0.2, 0.25) is 0 Å². The molecule has 1 saturated heterocycles. The van der Waals surface area contributed by atoms with E-state index in [4.69, 9.17) is 14.2 Å². The summed E-state index contributed by atoms with van der Waals surface area (Å²) in [4.78, 5) is 16.6. The fourth-order valence-corrected chi connectivity index (χ4v) is 3.66. The SMILES string of the molecule is Cc1ccc(OCNC(=O)N2CCN(Cc3ccc4c(c3)OCO4)CC2)c(C)c1. The van der Waals surface area contributed by atoms with Gasteiger partial charge in [-0.05, 0) is 43.2 Å². The number of urea groups is 1. The molecule has 2 aromatic rings. The predicted octanol–water partition coefficient (Wildman–Crippen LogP) is 2.90. The maximum absolute atomic E-state index is 12.4. The minimum Gasteiger partial charge on any atom is -0.473 e. The zero-order chi connectivity index (χ0) is 20.2. The molecule has 2 heterocycles. The molecule has 2 amide bonds. The van der Waals surface area contributed by atoms with Gasteiger partial charge in [-0.2, -0.15) is 0 Å². The number of carbonyl (C=O) groups is 1. The zero-order valence-electron chi connectivity index (χ0n) is 16.9. The summed E-state index contributed by atoms with van der Waals surface area (Å²) in [5.41, 5.74) is 3.45. The van der Waals surface area contributed by atoms with Crippen LogP contribution in [-0.2, 0) is 6.54 Å². The van der Waals surface area contributed by atoms with Crippen LogP contribution in [0.1, 0.15) is 16.7 Å². The highest BCUT2D eigenvalue weighted by atomic mass is 16.7. The van der Waals surface area contributed by atoms with E-state index in [9.17, 15) is 4.79 Å². The fourth-order valence-electron chi connectivity index (χ4n) is 3.66. The number of nitrogens with zero attached hydrogens (tertiary/aromatic N) is 2. The second kappa shape index (κ2) is 8.61. The number of piperazine rings is 1. The Kier molecular flexibility index (Phi) is 5.76. The van der Waals surface area contributed by atoms with Gasteiger partial charge in [-0.1, -0.05) is 23.8 Å². The van der Waals surface area contributed by atoms with E-state index in [1.807, 2.05) is 43.0 Å². The van der Waals surface area contributed by atoms with Crippen molar-refractivity contribution in [3.8, 4) is 17.2 Å². The molecule has 4 rings (SSSR count). The normalized spacial score (nSPS) is 16.0. The second-order valence-corrected chi connectivity index (χ2v) is 7.49. The molecule has 7 nitrogen and oxygen atoms in total. The number of ether oxygens (including phenoxy) is 3. The molecule has 1 fully saturated rings. The highest BCUT2D eigenvalue weighted by molar-refractivity contribution is 5.74. The highest BCUT2D eigenvalue weighted by Gasteiger charge is 2.22. The number of aryl methyl sites for hydroxylation is 2. The summed E-state index contributed by atoms with van der Waals surface area (Å²) >= 11 is 0. The van der Waals surface area contributed by atoms with Crippen molar-refractivity contribution in [1.29, 1.82) is 0 Å². The zero-order valence-corrected chi connectivity index (χ0v) is 16.9. The number of rotatable bonds is 5. The Morgan fingerprint density at radius 1 is 1.03 bits per heavy atom. The summed E-state index contributed by atoms with van der Waals surface area (Å²) < 4.78 is 16.5. The first-order valence-corrected chi connectivity index (χ1v) is 9.92. The number of hydrogen-bond donors (Lipinski definition) is 1. The van der Waals surface area contributed by atoms with Crippen LogP contribution in [0.4, 0.5) is 4.79 Å². The maximum atomic E-state index is 12.4. The first-order chi connectivity index (χ1) is 14.1. The third-order valence-corrected chi connectivity index (χ3v) is 5.28. The van der Waals surface area contributed by atoms with Crippen molar-refractivity contribution in [3.63, 3.8) is 0 Å². The van der Waals surface area contributed by atoms with E-state index in [-0.39, 0.29) is 12.8 Å². The van der Waals surface area contributed by atoms with Gasteiger partial charge in [0.2, 0.25) is 6.79 Å². The summed E-state index contributed by atoms with van der Waals surface area (Å²) in [6, 6.07) is 12.0. The van der Waals surface area contributed by atoms with Crippen molar-refractivity contribution in [2.24, 2.45) is 0 Å². The Balaban J connectivity index is 1.20. The summed E-state index contributed by atoms with van der Waals surface area (Å²) in [6.07, 6.45) is 0. The summed E-state index contributed by atoms with van der Waals surface area (Å²) in [5.74, 6) is 2.41. The van der Waals surface area contributed by atoms with Crippen molar-refractivity contribution >= 4 is 6.03 Å². The Bertz CT molecular complexity index is 878. The topological polar surface area (TPSA) is 63.3 Å². The van der Waals surface area contributed by atoms with Gasteiger partial charge in [0, 0.05) is 32.7 Å². The number of benzene rings is 2. The van der Waals surface area contributed by atoms with Gasteiger partial charge < -0.3 is 24.4 Å². The molecule has 154 valence electrons. The van der Waals surface area contributed by atoms with Crippen LogP contribution >= 0.6 is 0 Å². The van der Waals surface area contributed by atoms with Crippen LogP contribution in [-0.4, -0.2) is 55.5 Å². The largest absolute Gasteiger partial charge is 0.473 e. The molecule has 0 aliphatic carbocycles. The molecule has 1 N–H and O–H groups in total. The van der Waals surface area contributed by atoms with Crippen LogP contribution in [0.15, 0.2) is 36.4 Å². The van der Waals surface area contributed by atoms with Crippen molar-refractivity contribution in [3.05, 3.63) is 53.1 Å². The van der Waals surface area contributed by atoms with Gasteiger partial charge in [-0.3, -0.25) is 4.90 Å². The Morgan fingerprint density at radius 2 is 1.83 bits per heavy atom. The van der Waals surface area contributed by atoms with Crippen LogP contribution in [0.5, 0.6) is 17.2 Å². The summed E-state index contributed by atoms with van der Waals surface area (Å²) in [5, 5.41) is 2.85. The van der Waals surface area contributed by atoms with Crippen LogP contribution in [0.25, 0.3) is 0 Å². The van der Waals surface area contributed by atoms with Gasteiger partial charge in [0.15, 0.2) is 18.2 Å². The Labute approximate surface area is 171 Å². The fraction of sp³-hybridized carbons (Fsp3) is 0.409. The monoisotopic (exact) mass is 397 g/mol. The molecule has 0 aromatic heterocycles. The van der Waals surface area contributed by atoms with Crippen molar-refractivity contribution in [2.75, 3.05) is 39.7 Å². The van der Waals surface area contributed by atoms with Gasteiger partial charge in [0.05, 0.1) is 0 Å². The van der Waals surface area contributed by atoms with Crippen molar-refractivity contribution in [1.82, 2.24) is 15.1 Å². The maximum Gasteiger partial charge on any atom is 0.320 e. The summed E-state index contributed by atoms with van der Waals surface area (Å²) in [6.45, 7) is 8.40. The van der Waals surface area contributed by atoms with Crippen LogP contribution in [0.3, 0.4) is 0 Å². The minimum atomic E-state index is -0.0857. The lowest BCUT2D eigenvalue weighted by atomic mass is 10.1. The first-order valence-electron chi connectivity index (χ1n) is 9.92. The third kappa shape index (κ3) is 4.74. The predicted molar refractivity (Wildman–Crippen MR) is 109 cm³/mol. The molecular weight excluding hydrogens is 370 g/mol.